The minimum absolute atomic E-state index is 0.145. The van der Waals surface area contributed by atoms with Crippen LogP contribution in [0.1, 0.15) is 51.9 Å². The van der Waals surface area contributed by atoms with Crippen LogP contribution in [0.2, 0.25) is 0 Å². The van der Waals surface area contributed by atoms with Crippen LogP contribution in [-0.4, -0.2) is 64.7 Å². The first-order valence-electron chi connectivity index (χ1n) is 9.92. The number of aliphatic imine (C=N–C) groups is 1. The van der Waals surface area contributed by atoms with Crippen LogP contribution in [0.3, 0.4) is 0 Å². The van der Waals surface area contributed by atoms with Gasteiger partial charge >= 0.3 is 0 Å². The summed E-state index contributed by atoms with van der Waals surface area (Å²) in [4.78, 5) is 4.35. The summed E-state index contributed by atoms with van der Waals surface area (Å²) in [5.41, 5.74) is -0.145. The molecule has 2 aliphatic rings. The molecular weight excluding hydrogens is 318 g/mol. The van der Waals surface area contributed by atoms with Gasteiger partial charge in [-0.1, -0.05) is 12.8 Å². The van der Waals surface area contributed by atoms with E-state index >= 15 is 0 Å². The van der Waals surface area contributed by atoms with Gasteiger partial charge < -0.3 is 24.8 Å². The number of nitrogens with one attached hydrogen (secondary N) is 2. The molecule has 0 spiro atoms. The van der Waals surface area contributed by atoms with Gasteiger partial charge in [-0.15, -0.1) is 0 Å². The summed E-state index contributed by atoms with van der Waals surface area (Å²) in [5.74, 6) is 1.57. The predicted octanol–water partition coefficient (Wildman–Crippen LogP) is 2.33. The molecule has 0 aromatic rings. The Morgan fingerprint density at radius 3 is 2.56 bits per heavy atom. The molecule has 1 atom stereocenters. The molecule has 6 nitrogen and oxygen atoms in total. The van der Waals surface area contributed by atoms with Crippen molar-refractivity contribution in [1.29, 1.82) is 0 Å². The van der Waals surface area contributed by atoms with Gasteiger partial charge in [0.05, 0.1) is 11.7 Å². The van der Waals surface area contributed by atoms with Gasteiger partial charge in [0.2, 0.25) is 0 Å². The molecule has 0 radical (unpaired) electrons. The van der Waals surface area contributed by atoms with E-state index in [2.05, 4.69) is 22.5 Å². The van der Waals surface area contributed by atoms with Crippen LogP contribution in [0.5, 0.6) is 0 Å². The molecule has 1 unspecified atom stereocenters. The van der Waals surface area contributed by atoms with Crippen LogP contribution >= 0.6 is 0 Å². The lowest BCUT2D eigenvalue weighted by Crippen LogP contribution is -2.51. The third-order valence-electron chi connectivity index (χ3n) is 5.67. The Hall–Kier alpha value is -0.850. The first-order chi connectivity index (χ1) is 12.2. The second-order valence-electron chi connectivity index (χ2n) is 7.18. The highest BCUT2D eigenvalue weighted by Gasteiger charge is 2.32. The van der Waals surface area contributed by atoms with Gasteiger partial charge in [0.25, 0.3) is 0 Å². The molecule has 2 rings (SSSR count). The molecule has 0 amide bonds. The molecule has 1 aliphatic heterocycles. The summed E-state index contributed by atoms with van der Waals surface area (Å²) in [6, 6.07) is 0. The van der Waals surface area contributed by atoms with Gasteiger partial charge in [0.1, 0.15) is 0 Å². The van der Waals surface area contributed by atoms with Crippen LogP contribution < -0.4 is 10.6 Å². The Morgan fingerprint density at radius 2 is 1.96 bits per heavy atom. The van der Waals surface area contributed by atoms with E-state index in [1.54, 1.807) is 7.11 Å². The van der Waals surface area contributed by atoms with Crippen LogP contribution in [0.4, 0.5) is 0 Å². The molecule has 1 heterocycles. The lowest BCUT2D eigenvalue weighted by Gasteiger charge is -2.36. The molecule has 6 heteroatoms. The van der Waals surface area contributed by atoms with E-state index in [-0.39, 0.29) is 5.60 Å². The zero-order valence-corrected chi connectivity index (χ0v) is 16.3. The standard InChI is InChI=1S/C19H37N3O3/c1-4-25-17(16-7-5-6-8-16)9-12-21-18(20-2)22-15-19(23-3)10-13-24-14-11-19/h16-17H,4-15H2,1-3H3,(H2,20,21,22). The summed E-state index contributed by atoms with van der Waals surface area (Å²) in [5, 5.41) is 6.86. The lowest BCUT2D eigenvalue weighted by atomic mass is 9.94. The molecule has 0 aromatic carbocycles. The van der Waals surface area contributed by atoms with Crippen molar-refractivity contribution < 1.29 is 14.2 Å². The maximum absolute atomic E-state index is 6.00. The normalized spacial score (nSPS) is 22.8. The molecule has 146 valence electrons. The van der Waals surface area contributed by atoms with Crippen LogP contribution in [-0.2, 0) is 14.2 Å². The number of nitrogens with zero attached hydrogens (tertiary/aromatic N) is 1. The van der Waals surface area contributed by atoms with Crippen molar-refractivity contribution in [3.8, 4) is 0 Å². The maximum atomic E-state index is 6.00. The minimum Gasteiger partial charge on any atom is -0.381 e. The van der Waals surface area contributed by atoms with Crippen molar-refractivity contribution in [2.75, 3.05) is 47.1 Å². The average Bonchev–Trinajstić information content (AvgIpc) is 3.19. The van der Waals surface area contributed by atoms with E-state index in [4.69, 9.17) is 14.2 Å². The predicted molar refractivity (Wildman–Crippen MR) is 101 cm³/mol. The van der Waals surface area contributed by atoms with Crippen molar-refractivity contribution in [3.63, 3.8) is 0 Å². The van der Waals surface area contributed by atoms with Gasteiger partial charge in [-0.05, 0) is 32.1 Å². The smallest absolute Gasteiger partial charge is 0.191 e. The van der Waals surface area contributed by atoms with Crippen molar-refractivity contribution in [2.24, 2.45) is 10.9 Å². The van der Waals surface area contributed by atoms with E-state index < -0.39 is 0 Å². The third-order valence-corrected chi connectivity index (χ3v) is 5.67. The molecule has 1 saturated heterocycles. The van der Waals surface area contributed by atoms with Gasteiger partial charge in [-0.3, -0.25) is 4.99 Å². The Bertz CT molecular complexity index is 391. The number of guanidine groups is 1. The monoisotopic (exact) mass is 355 g/mol. The SMILES string of the molecule is CCOC(CCNC(=NC)NCC1(OC)CCOCC1)C1CCCC1. The van der Waals surface area contributed by atoms with Crippen molar-refractivity contribution in [3.05, 3.63) is 0 Å². The first-order valence-corrected chi connectivity index (χ1v) is 9.92. The zero-order chi connectivity index (χ0) is 18.0. The van der Waals surface area contributed by atoms with Crippen LogP contribution in [0.15, 0.2) is 4.99 Å². The number of hydrogen-bond donors (Lipinski definition) is 2. The van der Waals surface area contributed by atoms with Gasteiger partial charge in [0.15, 0.2) is 5.96 Å². The van der Waals surface area contributed by atoms with Gasteiger partial charge in [-0.25, -0.2) is 0 Å². The molecule has 0 bridgehead atoms. The fraction of sp³-hybridized carbons (Fsp3) is 0.947. The quantitative estimate of drug-likeness (QED) is 0.491. The Labute approximate surface area is 153 Å². The van der Waals surface area contributed by atoms with Gasteiger partial charge in [0, 0.05) is 59.9 Å². The summed E-state index contributed by atoms with van der Waals surface area (Å²) >= 11 is 0. The lowest BCUT2D eigenvalue weighted by molar-refractivity contribution is -0.0855. The second-order valence-corrected chi connectivity index (χ2v) is 7.18. The van der Waals surface area contributed by atoms with Crippen LogP contribution in [0, 0.1) is 5.92 Å². The molecular formula is C19H37N3O3. The highest BCUT2D eigenvalue weighted by Crippen LogP contribution is 2.30. The molecule has 2 N–H and O–H groups in total. The van der Waals surface area contributed by atoms with Crippen molar-refractivity contribution >= 4 is 5.96 Å². The molecule has 0 aromatic heterocycles. The number of hydrogen-bond acceptors (Lipinski definition) is 4. The fourth-order valence-electron chi connectivity index (χ4n) is 3.99. The summed E-state index contributed by atoms with van der Waals surface area (Å²) in [6.07, 6.45) is 8.58. The zero-order valence-electron chi connectivity index (χ0n) is 16.3. The van der Waals surface area contributed by atoms with Crippen molar-refractivity contribution in [2.45, 2.75) is 63.6 Å². The highest BCUT2D eigenvalue weighted by atomic mass is 16.5. The topological polar surface area (TPSA) is 64.1 Å². The second kappa shape index (κ2) is 11.0. The number of methoxy groups -OCH3 is 1. The molecule has 1 saturated carbocycles. The summed E-state index contributed by atoms with van der Waals surface area (Å²) < 4.78 is 17.2. The number of ether oxygens (including phenoxy) is 3. The van der Waals surface area contributed by atoms with Crippen molar-refractivity contribution in [1.82, 2.24) is 10.6 Å². The Balaban J connectivity index is 1.73. The molecule has 2 fully saturated rings. The fourth-order valence-corrected chi connectivity index (χ4v) is 3.99. The molecule has 25 heavy (non-hydrogen) atoms. The highest BCUT2D eigenvalue weighted by molar-refractivity contribution is 5.79. The summed E-state index contributed by atoms with van der Waals surface area (Å²) in [7, 11) is 3.60. The van der Waals surface area contributed by atoms with E-state index in [0.717, 1.165) is 64.1 Å². The van der Waals surface area contributed by atoms with E-state index in [9.17, 15) is 0 Å². The Morgan fingerprint density at radius 1 is 1.24 bits per heavy atom. The van der Waals surface area contributed by atoms with E-state index in [0.29, 0.717) is 6.10 Å². The van der Waals surface area contributed by atoms with E-state index in [1.165, 1.54) is 25.7 Å². The number of rotatable bonds is 9. The largest absolute Gasteiger partial charge is 0.381 e. The molecule has 1 aliphatic carbocycles. The Kier molecular flexibility index (Phi) is 8.99. The average molecular weight is 356 g/mol. The summed E-state index contributed by atoms with van der Waals surface area (Å²) in [6.45, 7) is 6.05. The third kappa shape index (κ3) is 6.42. The van der Waals surface area contributed by atoms with E-state index in [1.807, 2.05) is 7.05 Å². The van der Waals surface area contributed by atoms with Crippen LogP contribution in [0.25, 0.3) is 0 Å². The maximum Gasteiger partial charge on any atom is 0.191 e. The minimum atomic E-state index is -0.145. The van der Waals surface area contributed by atoms with Gasteiger partial charge in [-0.2, -0.15) is 0 Å². The first kappa shape index (κ1) is 20.5.